The summed E-state index contributed by atoms with van der Waals surface area (Å²) in [6.07, 6.45) is 1.35. The molecule has 2 aliphatic rings. The number of halogens is 1. The van der Waals surface area contributed by atoms with Crippen LogP contribution in [0.3, 0.4) is 0 Å². The van der Waals surface area contributed by atoms with E-state index in [0.717, 1.165) is 13.1 Å². The molecule has 1 saturated heterocycles. The molecule has 0 saturated carbocycles. The molecule has 0 aromatic carbocycles. The predicted octanol–water partition coefficient (Wildman–Crippen LogP) is 0.212. The Morgan fingerprint density at radius 2 is 1.93 bits per heavy atom. The molecule has 2 aliphatic heterocycles. The number of rotatable bonds is 0. The minimum Gasteiger partial charge on any atom is -0.344 e. The fourth-order valence-electron chi connectivity index (χ4n) is 1.58. The molecule has 0 amide bonds. The van der Waals surface area contributed by atoms with E-state index in [4.69, 9.17) is 0 Å². The first-order chi connectivity index (χ1) is 7.01. The van der Waals surface area contributed by atoms with Crippen LogP contribution in [0.1, 0.15) is 0 Å². The minimum absolute atomic E-state index is 0.156. The predicted molar refractivity (Wildman–Crippen MR) is 62.4 cm³/mol. The number of hydrogen-bond donors (Lipinski definition) is 0. The van der Waals surface area contributed by atoms with Gasteiger partial charge in [-0.05, 0) is 23.0 Å². The molecule has 2 heterocycles. The van der Waals surface area contributed by atoms with Crippen molar-refractivity contribution in [3.05, 3.63) is 10.0 Å². The Bertz CT molecular complexity index is 421. The fourth-order valence-corrected chi connectivity index (χ4v) is 3.20. The summed E-state index contributed by atoms with van der Waals surface area (Å²) in [6.45, 7) is 3.16. The SMILES string of the molecule is CN1CCN(C2=NC=C(Br)S2(=O)=O)CC1. The van der Waals surface area contributed by atoms with Gasteiger partial charge in [0.2, 0.25) is 15.0 Å². The first-order valence-electron chi connectivity index (χ1n) is 4.64. The molecule has 5 nitrogen and oxygen atoms in total. The van der Waals surface area contributed by atoms with Crippen molar-refractivity contribution in [2.24, 2.45) is 4.99 Å². The van der Waals surface area contributed by atoms with E-state index < -0.39 is 9.84 Å². The highest BCUT2D eigenvalue weighted by Gasteiger charge is 2.33. The molecule has 0 N–H and O–H groups in total. The molecular weight excluding hydrogens is 282 g/mol. The van der Waals surface area contributed by atoms with Crippen molar-refractivity contribution in [2.45, 2.75) is 0 Å². The van der Waals surface area contributed by atoms with E-state index in [1.165, 1.54) is 6.20 Å². The van der Waals surface area contributed by atoms with Crippen LogP contribution in [-0.2, 0) is 9.84 Å². The zero-order chi connectivity index (χ0) is 11.1. The van der Waals surface area contributed by atoms with Crippen LogP contribution in [0.25, 0.3) is 0 Å². The Balaban J connectivity index is 2.15. The molecule has 0 bridgehead atoms. The summed E-state index contributed by atoms with van der Waals surface area (Å²) < 4.78 is 23.7. The van der Waals surface area contributed by atoms with Gasteiger partial charge in [-0.15, -0.1) is 0 Å². The molecular formula is C8H12BrN3O2S. The van der Waals surface area contributed by atoms with Gasteiger partial charge < -0.3 is 9.80 Å². The smallest absolute Gasteiger partial charge is 0.247 e. The summed E-state index contributed by atoms with van der Waals surface area (Å²) in [7, 11) is -1.32. The van der Waals surface area contributed by atoms with Crippen LogP contribution in [0.5, 0.6) is 0 Å². The molecule has 0 spiro atoms. The van der Waals surface area contributed by atoms with Crippen LogP contribution in [0.4, 0.5) is 0 Å². The Morgan fingerprint density at radius 1 is 1.33 bits per heavy atom. The molecule has 0 atom stereocenters. The minimum atomic E-state index is -3.35. The molecule has 0 aromatic rings. The number of amidine groups is 1. The molecule has 0 radical (unpaired) electrons. The number of hydrogen-bond acceptors (Lipinski definition) is 5. The van der Waals surface area contributed by atoms with Gasteiger partial charge in [0.1, 0.15) is 3.81 Å². The largest absolute Gasteiger partial charge is 0.344 e. The third-order valence-corrected chi connectivity index (χ3v) is 5.49. The highest BCUT2D eigenvalue weighted by molar-refractivity contribution is 9.14. The van der Waals surface area contributed by atoms with Crippen LogP contribution >= 0.6 is 15.9 Å². The summed E-state index contributed by atoms with van der Waals surface area (Å²) in [5.41, 5.74) is 0. The van der Waals surface area contributed by atoms with Gasteiger partial charge in [0.25, 0.3) is 0 Å². The number of piperazine rings is 1. The van der Waals surface area contributed by atoms with E-state index in [9.17, 15) is 8.42 Å². The van der Waals surface area contributed by atoms with Gasteiger partial charge in [-0.2, -0.15) is 0 Å². The molecule has 7 heteroatoms. The van der Waals surface area contributed by atoms with E-state index in [-0.39, 0.29) is 8.98 Å². The van der Waals surface area contributed by atoms with E-state index in [2.05, 4.69) is 25.8 Å². The lowest BCUT2D eigenvalue weighted by Crippen LogP contribution is -2.48. The maximum atomic E-state index is 11.8. The van der Waals surface area contributed by atoms with Gasteiger partial charge in [0, 0.05) is 26.2 Å². The van der Waals surface area contributed by atoms with Gasteiger partial charge in [-0.25, -0.2) is 13.4 Å². The number of likely N-dealkylation sites (N-methyl/N-ethyl adjacent to an activating group) is 1. The second-order valence-electron chi connectivity index (χ2n) is 3.64. The number of aliphatic imine (C=N–C) groups is 1. The van der Waals surface area contributed by atoms with Crippen LogP contribution < -0.4 is 0 Å². The van der Waals surface area contributed by atoms with Crippen LogP contribution in [0.15, 0.2) is 15.0 Å². The third kappa shape index (κ3) is 1.95. The highest BCUT2D eigenvalue weighted by Crippen LogP contribution is 2.24. The van der Waals surface area contributed by atoms with Crippen LogP contribution in [0, 0.1) is 0 Å². The lowest BCUT2D eigenvalue weighted by molar-refractivity contribution is 0.217. The molecule has 0 unspecified atom stereocenters. The lowest BCUT2D eigenvalue weighted by Gasteiger charge is -2.33. The summed E-state index contributed by atoms with van der Waals surface area (Å²) >= 11 is 3.00. The van der Waals surface area contributed by atoms with Crippen molar-refractivity contribution in [1.29, 1.82) is 0 Å². The molecule has 2 rings (SSSR count). The second kappa shape index (κ2) is 3.88. The number of nitrogens with zero attached hydrogens (tertiary/aromatic N) is 3. The normalized spacial score (nSPS) is 26.4. The summed E-state index contributed by atoms with van der Waals surface area (Å²) in [5, 5.41) is 0.183. The monoisotopic (exact) mass is 293 g/mol. The lowest BCUT2D eigenvalue weighted by atomic mass is 10.3. The van der Waals surface area contributed by atoms with Crippen LogP contribution in [-0.4, -0.2) is 56.6 Å². The van der Waals surface area contributed by atoms with Crippen LogP contribution in [0.2, 0.25) is 0 Å². The quantitative estimate of drug-likeness (QED) is 0.641. The van der Waals surface area contributed by atoms with Gasteiger partial charge >= 0.3 is 0 Å². The van der Waals surface area contributed by atoms with E-state index in [0.29, 0.717) is 13.1 Å². The molecule has 0 aliphatic carbocycles. The van der Waals surface area contributed by atoms with Crippen molar-refractivity contribution in [1.82, 2.24) is 9.80 Å². The average Bonchev–Trinajstić information content (AvgIpc) is 2.44. The maximum absolute atomic E-state index is 11.8. The van der Waals surface area contributed by atoms with Crippen molar-refractivity contribution < 1.29 is 8.42 Å². The van der Waals surface area contributed by atoms with Gasteiger partial charge in [0.15, 0.2) is 0 Å². The van der Waals surface area contributed by atoms with Crippen molar-refractivity contribution in [3.63, 3.8) is 0 Å². The topological polar surface area (TPSA) is 53.0 Å². The first-order valence-corrected chi connectivity index (χ1v) is 6.91. The molecule has 15 heavy (non-hydrogen) atoms. The average molecular weight is 294 g/mol. The summed E-state index contributed by atoms with van der Waals surface area (Å²) in [4.78, 5) is 7.93. The Hall–Kier alpha value is -0.400. The fraction of sp³-hybridized carbons (Fsp3) is 0.625. The molecule has 84 valence electrons. The van der Waals surface area contributed by atoms with E-state index >= 15 is 0 Å². The number of sulfone groups is 1. The Morgan fingerprint density at radius 3 is 2.40 bits per heavy atom. The maximum Gasteiger partial charge on any atom is 0.247 e. The Kier molecular flexibility index (Phi) is 2.87. The second-order valence-corrected chi connectivity index (χ2v) is 6.83. The third-order valence-electron chi connectivity index (χ3n) is 2.55. The van der Waals surface area contributed by atoms with Gasteiger partial charge in [-0.3, -0.25) is 0 Å². The molecule has 1 fully saturated rings. The highest BCUT2D eigenvalue weighted by atomic mass is 79.9. The zero-order valence-electron chi connectivity index (χ0n) is 8.35. The van der Waals surface area contributed by atoms with Gasteiger partial charge in [-0.1, -0.05) is 0 Å². The first kappa shape index (κ1) is 11.1. The van der Waals surface area contributed by atoms with E-state index in [1.54, 1.807) is 0 Å². The van der Waals surface area contributed by atoms with Crippen molar-refractivity contribution in [2.75, 3.05) is 33.2 Å². The summed E-state index contributed by atoms with van der Waals surface area (Å²) in [5.74, 6) is 0. The Labute approximate surface area is 97.5 Å². The van der Waals surface area contributed by atoms with Crippen molar-refractivity contribution in [3.8, 4) is 0 Å². The molecule has 0 aromatic heterocycles. The zero-order valence-corrected chi connectivity index (χ0v) is 10.8. The van der Waals surface area contributed by atoms with Gasteiger partial charge in [0.05, 0.1) is 6.20 Å². The standard InChI is InChI=1S/C8H12BrN3O2S/c1-11-2-4-12(5-3-11)8-10-6-7(9)15(8,13)14/h6H,2-5H2,1H3. The van der Waals surface area contributed by atoms with Crippen molar-refractivity contribution >= 4 is 30.9 Å². The summed E-state index contributed by atoms with van der Waals surface area (Å²) in [6, 6.07) is 0. The van der Waals surface area contributed by atoms with E-state index in [1.807, 2.05) is 11.9 Å².